The minimum atomic E-state index is 0.224. The van der Waals surface area contributed by atoms with Crippen molar-refractivity contribution in [1.82, 2.24) is 9.97 Å². The molecular formula is C11H8BrClN4S. The first kappa shape index (κ1) is 13.2. The van der Waals surface area contributed by atoms with Crippen molar-refractivity contribution < 1.29 is 0 Å². The number of rotatable bonds is 3. The third-order valence-electron chi connectivity index (χ3n) is 2.09. The topological polar surface area (TPSA) is 63.8 Å². The Hall–Kier alpha value is -1.24. The van der Waals surface area contributed by atoms with E-state index in [4.69, 9.17) is 29.6 Å². The van der Waals surface area contributed by atoms with Gasteiger partial charge >= 0.3 is 0 Å². The molecule has 1 heterocycles. The summed E-state index contributed by atoms with van der Waals surface area (Å²) in [6.45, 7) is 0. The number of hydrogen-bond acceptors (Lipinski definition) is 4. The number of benzene rings is 1. The van der Waals surface area contributed by atoms with Crippen LogP contribution in [0.5, 0.6) is 0 Å². The van der Waals surface area contributed by atoms with E-state index in [0.717, 1.165) is 4.47 Å². The van der Waals surface area contributed by atoms with E-state index in [1.165, 1.54) is 0 Å². The molecule has 0 aliphatic heterocycles. The number of nitrogens with two attached hydrogens (primary N) is 1. The second-order valence-electron chi connectivity index (χ2n) is 3.38. The van der Waals surface area contributed by atoms with Gasteiger partial charge in [0.05, 0.1) is 10.7 Å². The summed E-state index contributed by atoms with van der Waals surface area (Å²) in [4.78, 5) is 8.47. The summed E-state index contributed by atoms with van der Waals surface area (Å²) < 4.78 is 0.899. The largest absolute Gasteiger partial charge is 0.388 e. The fourth-order valence-electron chi connectivity index (χ4n) is 1.27. The van der Waals surface area contributed by atoms with E-state index < -0.39 is 0 Å². The van der Waals surface area contributed by atoms with Gasteiger partial charge < -0.3 is 11.1 Å². The van der Waals surface area contributed by atoms with Crippen LogP contribution < -0.4 is 11.1 Å². The first-order chi connectivity index (χ1) is 8.56. The molecule has 1 aromatic heterocycles. The van der Waals surface area contributed by atoms with Gasteiger partial charge in [-0.2, -0.15) is 0 Å². The van der Waals surface area contributed by atoms with Crippen molar-refractivity contribution in [3.63, 3.8) is 0 Å². The molecule has 0 unspecified atom stereocenters. The van der Waals surface area contributed by atoms with Gasteiger partial charge in [-0.3, -0.25) is 0 Å². The van der Waals surface area contributed by atoms with Crippen LogP contribution in [0.4, 0.5) is 11.6 Å². The molecule has 18 heavy (non-hydrogen) atoms. The van der Waals surface area contributed by atoms with E-state index in [2.05, 4.69) is 31.2 Å². The number of anilines is 2. The smallest absolute Gasteiger partial charge is 0.227 e. The number of halogens is 2. The van der Waals surface area contributed by atoms with Gasteiger partial charge in [-0.1, -0.05) is 39.7 Å². The Morgan fingerprint density at radius 2 is 2.17 bits per heavy atom. The van der Waals surface area contributed by atoms with Crippen LogP contribution in [-0.4, -0.2) is 15.0 Å². The van der Waals surface area contributed by atoms with Crippen LogP contribution in [0.15, 0.2) is 34.9 Å². The molecule has 92 valence electrons. The minimum Gasteiger partial charge on any atom is -0.388 e. The molecule has 0 radical (unpaired) electrons. The molecule has 3 N–H and O–H groups in total. The van der Waals surface area contributed by atoms with Crippen LogP contribution in [0.2, 0.25) is 5.02 Å². The maximum absolute atomic E-state index is 6.08. The number of nitrogens with one attached hydrogen (secondary N) is 1. The second-order valence-corrected chi connectivity index (χ2v) is 5.14. The first-order valence-electron chi connectivity index (χ1n) is 4.91. The monoisotopic (exact) mass is 342 g/mol. The predicted octanol–water partition coefficient (Wildman–Crippen LogP) is 3.27. The molecule has 0 fully saturated rings. The Bertz CT molecular complexity index is 605. The van der Waals surface area contributed by atoms with Crippen LogP contribution >= 0.6 is 39.7 Å². The predicted molar refractivity (Wildman–Crippen MR) is 80.4 cm³/mol. The van der Waals surface area contributed by atoms with Crippen LogP contribution in [-0.2, 0) is 0 Å². The first-order valence-corrected chi connectivity index (χ1v) is 6.49. The van der Waals surface area contributed by atoms with Gasteiger partial charge in [-0.15, -0.1) is 0 Å². The van der Waals surface area contributed by atoms with Gasteiger partial charge in [-0.25, -0.2) is 9.97 Å². The molecule has 2 rings (SSSR count). The number of hydrogen-bond donors (Lipinski definition) is 2. The Labute approximate surface area is 123 Å². The summed E-state index contributed by atoms with van der Waals surface area (Å²) in [5.74, 6) is 0.393. The Morgan fingerprint density at radius 1 is 1.39 bits per heavy atom. The zero-order valence-corrected chi connectivity index (χ0v) is 12.2. The van der Waals surface area contributed by atoms with E-state index in [0.29, 0.717) is 22.4 Å². The lowest BCUT2D eigenvalue weighted by Crippen LogP contribution is -2.12. The molecule has 0 aliphatic carbocycles. The van der Waals surface area contributed by atoms with Crippen molar-refractivity contribution in [2.24, 2.45) is 5.73 Å². The van der Waals surface area contributed by atoms with Crippen molar-refractivity contribution in [2.75, 3.05) is 5.32 Å². The van der Waals surface area contributed by atoms with Gasteiger partial charge in [0.15, 0.2) is 0 Å². The SMILES string of the molecule is NC(=S)c1ccnc(Nc2ccc(Br)cc2Cl)n1. The molecule has 1 aromatic carbocycles. The minimum absolute atomic E-state index is 0.224. The zero-order chi connectivity index (χ0) is 13.1. The third-order valence-corrected chi connectivity index (χ3v) is 3.10. The Kier molecular flexibility index (Phi) is 4.11. The highest BCUT2D eigenvalue weighted by Crippen LogP contribution is 2.27. The summed E-state index contributed by atoms with van der Waals surface area (Å²) in [5.41, 5.74) is 6.73. The van der Waals surface area contributed by atoms with E-state index in [9.17, 15) is 0 Å². The maximum atomic E-state index is 6.08. The number of nitrogens with zero attached hydrogens (tertiary/aromatic N) is 2. The maximum Gasteiger partial charge on any atom is 0.227 e. The molecule has 2 aromatic rings. The molecule has 0 spiro atoms. The molecule has 4 nitrogen and oxygen atoms in total. The normalized spacial score (nSPS) is 10.1. The van der Waals surface area contributed by atoms with Gasteiger partial charge in [0.25, 0.3) is 0 Å². The van der Waals surface area contributed by atoms with Crippen molar-refractivity contribution >= 4 is 56.4 Å². The highest BCUT2D eigenvalue weighted by molar-refractivity contribution is 9.10. The average molecular weight is 344 g/mol. The van der Waals surface area contributed by atoms with Crippen molar-refractivity contribution in [2.45, 2.75) is 0 Å². The lowest BCUT2D eigenvalue weighted by atomic mass is 10.3. The molecule has 7 heteroatoms. The fourth-order valence-corrected chi connectivity index (χ4v) is 2.10. The molecule has 0 atom stereocenters. The summed E-state index contributed by atoms with van der Waals surface area (Å²) in [6, 6.07) is 7.12. The molecule has 0 saturated heterocycles. The van der Waals surface area contributed by atoms with E-state index >= 15 is 0 Å². The number of aromatic nitrogens is 2. The Morgan fingerprint density at radius 3 is 2.83 bits per heavy atom. The molecule has 0 bridgehead atoms. The quantitative estimate of drug-likeness (QED) is 0.837. The van der Waals surface area contributed by atoms with Gasteiger partial charge in [0.2, 0.25) is 5.95 Å². The van der Waals surface area contributed by atoms with E-state index in [1.807, 2.05) is 12.1 Å². The van der Waals surface area contributed by atoms with Crippen LogP contribution in [0, 0.1) is 0 Å². The Balaban J connectivity index is 2.28. The second kappa shape index (κ2) is 5.60. The molecular weight excluding hydrogens is 336 g/mol. The van der Waals surface area contributed by atoms with Crippen LogP contribution in [0.25, 0.3) is 0 Å². The average Bonchev–Trinajstić information content (AvgIpc) is 2.33. The van der Waals surface area contributed by atoms with Crippen molar-refractivity contribution in [3.05, 3.63) is 45.7 Å². The highest BCUT2D eigenvalue weighted by atomic mass is 79.9. The molecule has 0 amide bonds. The van der Waals surface area contributed by atoms with Crippen LogP contribution in [0.1, 0.15) is 5.69 Å². The summed E-state index contributed by atoms with van der Waals surface area (Å²) in [6.07, 6.45) is 1.58. The van der Waals surface area contributed by atoms with Crippen molar-refractivity contribution in [1.29, 1.82) is 0 Å². The van der Waals surface area contributed by atoms with Crippen LogP contribution in [0.3, 0.4) is 0 Å². The van der Waals surface area contributed by atoms with E-state index in [-0.39, 0.29) is 4.99 Å². The summed E-state index contributed by atoms with van der Waals surface area (Å²) >= 11 is 14.3. The van der Waals surface area contributed by atoms with Gasteiger partial charge in [0.1, 0.15) is 10.7 Å². The summed E-state index contributed by atoms with van der Waals surface area (Å²) in [7, 11) is 0. The number of thiocarbonyl (C=S) groups is 1. The fraction of sp³-hybridized carbons (Fsp3) is 0. The lowest BCUT2D eigenvalue weighted by Gasteiger charge is -2.07. The third kappa shape index (κ3) is 3.16. The molecule has 0 aliphatic rings. The lowest BCUT2D eigenvalue weighted by molar-refractivity contribution is 1.15. The highest BCUT2D eigenvalue weighted by Gasteiger charge is 2.05. The van der Waals surface area contributed by atoms with Crippen molar-refractivity contribution in [3.8, 4) is 0 Å². The van der Waals surface area contributed by atoms with E-state index in [1.54, 1.807) is 18.3 Å². The van der Waals surface area contributed by atoms with Gasteiger partial charge in [0, 0.05) is 10.7 Å². The molecule has 0 saturated carbocycles. The standard InChI is InChI=1S/C11H8BrClN4S/c12-6-1-2-8(7(13)5-6)16-11-15-4-3-9(17-11)10(14)18/h1-5H,(H2,14,18)(H,15,16,17). The summed E-state index contributed by atoms with van der Waals surface area (Å²) in [5, 5.41) is 3.57. The zero-order valence-electron chi connectivity index (χ0n) is 9.02. The van der Waals surface area contributed by atoms with Gasteiger partial charge in [-0.05, 0) is 24.3 Å².